The molecule has 1 aromatic rings. The van der Waals surface area contributed by atoms with Crippen LogP contribution in [0.2, 0.25) is 0 Å². The lowest BCUT2D eigenvalue weighted by Gasteiger charge is -2.28. The summed E-state index contributed by atoms with van der Waals surface area (Å²) in [5.41, 5.74) is -0.917. The van der Waals surface area contributed by atoms with Crippen LogP contribution < -0.4 is 0 Å². The summed E-state index contributed by atoms with van der Waals surface area (Å²) < 4.78 is 13.7. The third-order valence-corrected chi connectivity index (χ3v) is 4.76. The molecule has 0 aliphatic heterocycles. The number of halogens is 1. The van der Waals surface area contributed by atoms with Crippen LogP contribution in [0.1, 0.15) is 62.2 Å². The van der Waals surface area contributed by atoms with E-state index in [1.807, 2.05) is 13.8 Å². The summed E-state index contributed by atoms with van der Waals surface area (Å²) in [7, 11) is 1.64. The van der Waals surface area contributed by atoms with E-state index in [9.17, 15) is 9.18 Å². The van der Waals surface area contributed by atoms with Gasteiger partial charge in [0.05, 0.1) is 16.7 Å². The molecule has 108 valence electrons. The Labute approximate surface area is 118 Å². The second-order valence-corrected chi connectivity index (χ2v) is 6.78. The fourth-order valence-corrected chi connectivity index (χ4v) is 3.00. The fraction of sp³-hybridized carbons (Fsp3) is 0.714. The molecule has 0 radical (unpaired) electrons. The maximum Gasteiger partial charge on any atom is 0.259 e. The summed E-state index contributed by atoms with van der Waals surface area (Å²) in [5, 5.41) is 1.06. The maximum absolute atomic E-state index is 13.7. The molecule has 0 fully saturated rings. The van der Waals surface area contributed by atoms with Gasteiger partial charge in [0.15, 0.2) is 5.67 Å². The van der Waals surface area contributed by atoms with Crippen LogP contribution in [-0.2, 0) is 4.79 Å². The van der Waals surface area contributed by atoms with Crippen molar-refractivity contribution in [2.75, 3.05) is 7.05 Å². The van der Waals surface area contributed by atoms with Gasteiger partial charge in [-0.2, -0.15) is 0 Å². The quantitative estimate of drug-likeness (QED) is 0.842. The molecule has 1 heterocycles. The molecule has 5 heteroatoms. The second-order valence-electron chi connectivity index (χ2n) is 5.72. The van der Waals surface area contributed by atoms with E-state index in [2.05, 4.69) is 18.8 Å². The zero-order chi connectivity index (χ0) is 15.0. The Hall–Kier alpha value is -0.970. The molecule has 0 spiro atoms. The summed E-state index contributed by atoms with van der Waals surface area (Å²) >= 11 is 1.60. The van der Waals surface area contributed by atoms with Crippen LogP contribution in [0.15, 0.2) is 0 Å². The number of rotatable bonds is 4. The number of carbonyl (C=O) groups is 1. The molecule has 1 rings (SSSR count). The van der Waals surface area contributed by atoms with Gasteiger partial charge in [-0.25, -0.2) is 9.37 Å². The molecule has 1 aromatic heterocycles. The summed E-state index contributed by atoms with van der Waals surface area (Å²) in [6.45, 7) is 10.6. The van der Waals surface area contributed by atoms with Crippen molar-refractivity contribution in [3.63, 3.8) is 0 Å². The highest BCUT2D eigenvalue weighted by Crippen LogP contribution is 2.32. The van der Waals surface area contributed by atoms with E-state index in [1.54, 1.807) is 18.4 Å². The molecule has 0 bridgehead atoms. The second kappa shape index (κ2) is 5.57. The van der Waals surface area contributed by atoms with E-state index < -0.39 is 11.6 Å². The van der Waals surface area contributed by atoms with Gasteiger partial charge in [0.1, 0.15) is 0 Å². The summed E-state index contributed by atoms with van der Waals surface area (Å²) in [5.74, 6) is -0.137. The fourth-order valence-electron chi connectivity index (χ4n) is 1.84. The molecule has 19 heavy (non-hydrogen) atoms. The number of aryl methyl sites for hydroxylation is 1. The first-order chi connectivity index (χ1) is 8.55. The highest BCUT2D eigenvalue weighted by atomic mass is 32.1. The van der Waals surface area contributed by atoms with Gasteiger partial charge in [-0.15, -0.1) is 11.3 Å². The van der Waals surface area contributed by atoms with Gasteiger partial charge in [-0.1, -0.05) is 13.8 Å². The van der Waals surface area contributed by atoms with Crippen LogP contribution >= 0.6 is 11.3 Å². The van der Waals surface area contributed by atoms with Crippen molar-refractivity contribution in [1.29, 1.82) is 0 Å². The van der Waals surface area contributed by atoms with Crippen molar-refractivity contribution in [1.82, 2.24) is 9.88 Å². The van der Waals surface area contributed by atoms with Gasteiger partial charge in [0, 0.05) is 17.8 Å². The Balaban J connectivity index is 3.00. The lowest BCUT2D eigenvalue weighted by atomic mass is 10.1. The van der Waals surface area contributed by atoms with Crippen LogP contribution in [0.5, 0.6) is 0 Å². The van der Waals surface area contributed by atoms with Gasteiger partial charge in [0.2, 0.25) is 0 Å². The number of aromatic nitrogens is 1. The number of thiazole rings is 1. The number of hydrogen-bond donors (Lipinski definition) is 0. The molecule has 0 aliphatic carbocycles. The molecule has 0 aliphatic rings. The van der Waals surface area contributed by atoms with Gasteiger partial charge in [0.25, 0.3) is 5.91 Å². The zero-order valence-electron chi connectivity index (χ0n) is 12.7. The number of amides is 1. The number of carbonyl (C=O) groups excluding carboxylic acids is 1. The Morgan fingerprint density at radius 1 is 1.37 bits per heavy atom. The molecule has 1 atom stereocenters. The van der Waals surface area contributed by atoms with Crippen molar-refractivity contribution in [2.24, 2.45) is 0 Å². The molecule has 0 unspecified atom stereocenters. The van der Waals surface area contributed by atoms with Crippen LogP contribution in [0.3, 0.4) is 0 Å². The summed E-state index contributed by atoms with van der Waals surface area (Å²) in [6.07, 6.45) is 0. The summed E-state index contributed by atoms with van der Waals surface area (Å²) in [4.78, 5) is 19.0. The first-order valence-corrected chi connectivity index (χ1v) is 7.30. The molecule has 1 amide bonds. The molecule has 0 N–H and O–H groups in total. The molecule has 0 saturated carbocycles. The first kappa shape index (κ1) is 16.1. The molecule has 3 nitrogen and oxygen atoms in total. The van der Waals surface area contributed by atoms with Gasteiger partial charge >= 0.3 is 0 Å². The zero-order valence-corrected chi connectivity index (χ0v) is 13.6. The van der Waals surface area contributed by atoms with Crippen LogP contribution in [0.4, 0.5) is 4.39 Å². The third-order valence-electron chi connectivity index (χ3n) is 3.13. The number of nitrogens with zero attached hydrogens (tertiary/aromatic N) is 2. The van der Waals surface area contributed by atoms with Gasteiger partial charge < -0.3 is 4.90 Å². The Morgan fingerprint density at radius 2 is 1.89 bits per heavy atom. The Morgan fingerprint density at radius 3 is 2.26 bits per heavy atom. The van der Waals surface area contributed by atoms with Crippen molar-refractivity contribution in [3.05, 3.63) is 15.6 Å². The Kier molecular flexibility index (Phi) is 4.72. The van der Waals surface area contributed by atoms with E-state index in [4.69, 9.17) is 0 Å². The minimum Gasteiger partial charge on any atom is -0.335 e. The van der Waals surface area contributed by atoms with Crippen LogP contribution in [0, 0.1) is 6.92 Å². The van der Waals surface area contributed by atoms with E-state index >= 15 is 0 Å². The minimum atomic E-state index is -1.84. The van der Waals surface area contributed by atoms with Gasteiger partial charge in [-0.3, -0.25) is 4.79 Å². The maximum atomic E-state index is 13.7. The largest absolute Gasteiger partial charge is 0.335 e. The predicted octanol–water partition coefficient (Wildman–Crippen LogP) is 3.84. The van der Waals surface area contributed by atoms with E-state index in [1.165, 1.54) is 18.7 Å². The lowest BCUT2D eigenvalue weighted by molar-refractivity contribution is -0.142. The SMILES string of the molecule is Cc1nc(C(C)C)sc1[C@@H](C)N(C)C(=O)C(C)(C)F. The van der Waals surface area contributed by atoms with E-state index in [0.717, 1.165) is 15.6 Å². The average Bonchev–Trinajstić information content (AvgIpc) is 2.67. The number of hydrogen-bond acceptors (Lipinski definition) is 3. The lowest BCUT2D eigenvalue weighted by Crippen LogP contribution is -2.41. The predicted molar refractivity (Wildman–Crippen MR) is 77.3 cm³/mol. The van der Waals surface area contributed by atoms with Crippen molar-refractivity contribution >= 4 is 17.2 Å². The average molecular weight is 286 g/mol. The number of alkyl halides is 1. The van der Waals surface area contributed by atoms with E-state index in [-0.39, 0.29) is 6.04 Å². The highest BCUT2D eigenvalue weighted by Gasteiger charge is 2.33. The molecule has 0 aromatic carbocycles. The first-order valence-electron chi connectivity index (χ1n) is 6.49. The van der Waals surface area contributed by atoms with Crippen molar-refractivity contribution in [2.45, 2.75) is 59.2 Å². The monoisotopic (exact) mass is 286 g/mol. The minimum absolute atomic E-state index is 0.160. The summed E-state index contributed by atoms with van der Waals surface area (Å²) in [6, 6.07) is -0.160. The highest BCUT2D eigenvalue weighted by molar-refractivity contribution is 7.11. The third kappa shape index (κ3) is 3.53. The van der Waals surface area contributed by atoms with Crippen molar-refractivity contribution < 1.29 is 9.18 Å². The molecular weight excluding hydrogens is 263 g/mol. The van der Waals surface area contributed by atoms with E-state index in [0.29, 0.717) is 5.92 Å². The smallest absolute Gasteiger partial charge is 0.259 e. The Bertz CT molecular complexity index is 463. The topological polar surface area (TPSA) is 33.2 Å². The van der Waals surface area contributed by atoms with Crippen molar-refractivity contribution in [3.8, 4) is 0 Å². The normalized spacial score (nSPS) is 13.7. The standard InChI is InChI=1S/C14H23FN2OS/c1-8(2)12-16-9(3)11(19-12)10(4)17(7)13(18)14(5,6)15/h8,10H,1-7H3/t10-/m1/s1. The molecular formula is C14H23FN2OS. The van der Waals surface area contributed by atoms with Gasteiger partial charge in [-0.05, 0) is 27.7 Å². The van der Waals surface area contributed by atoms with Crippen LogP contribution in [-0.4, -0.2) is 28.5 Å². The van der Waals surface area contributed by atoms with Crippen LogP contribution in [0.25, 0.3) is 0 Å². The molecule has 0 saturated heterocycles.